The molecule has 0 aliphatic rings. The average molecular weight is 397 g/mol. The molecular formula is C20H20FN5O3. The third-order valence-electron chi connectivity index (χ3n) is 4.78. The summed E-state index contributed by atoms with van der Waals surface area (Å²) in [7, 11) is 0. The lowest BCUT2D eigenvalue weighted by molar-refractivity contribution is -0.137. The quantitative estimate of drug-likeness (QED) is 0.462. The van der Waals surface area contributed by atoms with Crippen molar-refractivity contribution in [2.75, 3.05) is 5.32 Å². The van der Waals surface area contributed by atoms with Gasteiger partial charge in [-0.25, -0.2) is 19.3 Å². The highest BCUT2D eigenvalue weighted by Gasteiger charge is 2.29. The normalized spacial score (nSPS) is 13.1. The Morgan fingerprint density at radius 1 is 1.38 bits per heavy atom. The first-order valence-corrected chi connectivity index (χ1v) is 9.09. The van der Waals surface area contributed by atoms with Crippen LogP contribution in [0, 0.1) is 11.2 Å². The Bertz CT molecular complexity index is 1210. The number of carboxylic acid groups (broad SMARTS) is 1. The van der Waals surface area contributed by atoms with Crippen molar-refractivity contribution in [2.45, 2.75) is 33.2 Å². The minimum Gasteiger partial charge on any atom is -0.481 e. The molecule has 4 heterocycles. The van der Waals surface area contributed by atoms with Crippen LogP contribution in [0.3, 0.4) is 0 Å². The van der Waals surface area contributed by atoms with Crippen LogP contribution in [-0.2, 0) is 4.79 Å². The van der Waals surface area contributed by atoms with Gasteiger partial charge in [0.25, 0.3) is 0 Å². The van der Waals surface area contributed by atoms with Crippen LogP contribution >= 0.6 is 0 Å². The van der Waals surface area contributed by atoms with E-state index in [9.17, 15) is 14.3 Å². The Morgan fingerprint density at radius 2 is 2.17 bits per heavy atom. The number of pyridine rings is 1. The molecule has 0 aliphatic heterocycles. The zero-order valence-corrected chi connectivity index (χ0v) is 16.2. The number of carbonyl (C=O) groups is 1. The molecule has 0 bridgehead atoms. The first kappa shape index (κ1) is 18.9. The van der Waals surface area contributed by atoms with Gasteiger partial charge in [0.15, 0.2) is 17.2 Å². The van der Waals surface area contributed by atoms with Crippen molar-refractivity contribution in [2.24, 2.45) is 5.41 Å². The molecule has 4 rings (SSSR count). The lowest BCUT2D eigenvalue weighted by Gasteiger charge is -2.30. The molecule has 9 heteroatoms. The number of fused-ring (bicyclic) bond motifs is 2. The molecule has 29 heavy (non-hydrogen) atoms. The van der Waals surface area contributed by atoms with Crippen LogP contribution in [0.25, 0.3) is 33.5 Å². The largest absolute Gasteiger partial charge is 0.481 e. The predicted octanol–water partition coefficient (Wildman–Crippen LogP) is 4.21. The van der Waals surface area contributed by atoms with Gasteiger partial charge in [0.2, 0.25) is 0 Å². The molecule has 4 aromatic heterocycles. The molecule has 150 valence electrons. The van der Waals surface area contributed by atoms with Crippen molar-refractivity contribution < 1.29 is 18.7 Å². The summed E-state index contributed by atoms with van der Waals surface area (Å²) in [6, 6.07) is 2.66. The lowest BCUT2D eigenvalue weighted by Crippen LogP contribution is -2.36. The monoisotopic (exact) mass is 397 g/mol. The summed E-state index contributed by atoms with van der Waals surface area (Å²) in [5, 5.41) is 13.1. The Labute approximate surface area is 165 Å². The number of aliphatic carboxylic acids is 1. The summed E-state index contributed by atoms with van der Waals surface area (Å²) in [6.45, 7) is 5.84. The van der Waals surface area contributed by atoms with E-state index in [0.29, 0.717) is 39.3 Å². The fraction of sp³-hybridized carbons (Fsp3) is 0.300. The van der Waals surface area contributed by atoms with E-state index in [-0.39, 0.29) is 11.8 Å². The molecule has 0 saturated heterocycles. The molecule has 1 atom stereocenters. The van der Waals surface area contributed by atoms with Crippen LogP contribution < -0.4 is 5.32 Å². The van der Waals surface area contributed by atoms with Gasteiger partial charge in [0, 0.05) is 29.3 Å². The number of hydrogen-bond donors (Lipinski definition) is 3. The number of nitrogens with zero attached hydrogens (tertiary/aromatic N) is 3. The molecule has 0 radical (unpaired) electrons. The van der Waals surface area contributed by atoms with Crippen molar-refractivity contribution in [3.05, 3.63) is 36.6 Å². The van der Waals surface area contributed by atoms with Gasteiger partial charge < -0.3 is 19.8 Å². The van der Waals surface area contributed by atoms with Gasteiger partial charge in [-0.15, -0.1) is 0 Å². The molecule has 0 aliphatic carbocycles. The van der Waals surface area contributed by atoms with E-state index in [0.717, 1.165) is 6.20 Å². The number of rotatable bonds is 5. The number of carboxylic acids is 1. The third kappa shape index (κ3) is 3.63. The Kier molecular flexibility index (Phi) is 4.45. The van der Waals surface area contributed by atoms with Gasteiger partial charge in [-0.05, 0) is 11.5 Å². The molecule has 3 N–H and O–H groups in total. The number of H-pyrrole nitrogens is 1. The summed E-state index contributed by atoms with van der Waals surface area (Å²) in [5.74, 6) is -0.645. The predicted molar refractivity (Wildman–Crippen MR) is 106 cm³/mol. The van der Waals surface area contributed by atoms with Gasteiger partial charge in [-0.3, -0.25) is 4.79 Å². The summed E-state index contributed by atoms with van der Waals surface area (Å²) < 4.78 is 19.2. The average Bonchev–Trinajstić information content (AvgIpc) is 3.26. The van der Waals surface area contributed by atoms with E-state index < -0.39 is 17.8 Å². The van der Waals surface area contributed by atoms with Crippen molar-refractivity contribution in [1.82, 2.24) is 19.9 Å². The van der Waals surface area contributed by atoms with Gasteiger partial charge in [0.1, 0.15) is 17.0 Å². The van der Waals surface area contributed by atoms with Gasteiger partial charge in [-0.1, -0.05) is 20.8 Å². The topological polar surface area (TPSA) is 117 Å². The van der Waals surface area contributed by atoms with Gasteiger partial charge in [0.05, 0.1) is 18.9 Å². The molecular weight excluding hydrogens is 377 g/mol. The second-order valence-electron chi connectivity index (χ2n) is 7.94. The van der Waals surface area contributed by atoms with Crippen molar-refractivity contribution in [3.8, 4) is 11.4 Å². The van der Waals surface area contributed by atoms with E-state index in [2.05, 4.69) is 25.3 Å². The number of nitrogens with one attached hydrogen (secondary N) is 2. The molecule has 0 unspecified atom stereocenters. The zero-order chi connectivity index (χ0) is 20.8. The highest BCUT2D eigenvalue weighted by atomic mass is 19.1. The Balaban J connectivity index is 1.84. The van der Waals surface area contributed by atoms with Crippen LogP contribution in [0.15, 0.2) is 35.2 Å². The van der Waals surface area contributed by atoms with Crippen LogP contribution in [-0.4, -0.2) is 37.1 Å². The van der Waals surface area contributed by atoms with E-state index in [1.165, 1.54) is 12.3 Å². The van der Waals surface area contributed by atoms with Crippen LogP contribution in [0.4, 0.5) is 10.2 Å². The van der Waals surface area contributed by atoms with Gasteiger partial charge >= 0.3 is 5.97 Å². The summed E-state index contributed by atoms with van der Waals surface area (Å²) in [6.07, 6.45) is 4.21. The Morgan fingerprint density at radius 3 is 2.90 bits per heavy atom. The van der Waals surface area contributed by atoms with E-state index in [1.807, 2.05) is 20.8 Å². The van der Waals surface area contributed by atoms with E-state index >= 15 is 0 Å². The smallest absolute Gasteiger partial charge is 0.305 e. The minimum atomic E-state index is -0.916. The standard InChI is InChI=1S/C20H20FN5O3/c1-20(2,3)14(7-15(27)28)25-19-16-13(4-5-29-16)24-18(26-19)12-9-23-17-11(12)6-10(21)8-22-17/h4-6,8-9,14H,7H2,1-3H3,(H,22,23)(H,27,28)(H,24,25,26)/t14-/m1/s1. The van der Waals surface area contributed by atoms with Crippen molar-refractivity contribution in [3.63, 3.8) is 0 Å². The minimum absolute atomic E-state index is 0.0900. The molecule has 0 saturated carbocycles. The number of hydrogen-bond acceptors (Lipinski definition) is 6. The molecule has 0 fully saturated rings. The van der Waals surface area contributed by atoms with Crippen LogP contribution in [0.2, 0.25) is 0 Å². The molecule has 8 nitrogen and oxygen atoms in total. The number of furan rings is 1. The number of aromatic amines is 1. The van der Waals surface area contributed by atoms with E-state index in [4.69, 9.17) is 4.42 Å². The maximum atomic E-state index is 13.7. The number of halogens is 1. The van der Waals surface area contributed by atoms with Crippen molar-refractivity contribution in [1.29, 1.82) is 0 Å². The highest BCUT2D eigenvalue weighted by Crippen LogP contribution is 2.32. The fourth-order valence-corrected chi connectivity index (χ4v) is 3.16. The molecule has 0 aromatic carbocycles. The summed E-state index contributed by atoms with van der Waals surface area (Å²) >= 11 is 0. The maximum absolute atomic E-state index is 13.7. The summed E-state index contributed by atoms with van der Waals surface area (Å²) in [4.78, 5) is 27.5. The summed E-state index contributed by atoms with van der Waals surface area (Å²) in [5.41, 5.74) is 1.74. The first-order chi connectivity index (χ1) is 13.7. The number of aromatic nitrogens is 4. The molecule has 0 spiro atoms. The van der Waals surface area contributed by atoms with Gasteiger partial charge in [-0.2, -0.15) is 0 Å². The molecule has 0 amide bonds. The first-order valence-electron chi connectivity index (χ1n) is 9.09. The van der Waals surface area contributed by atoms with Crippen LogP contribution in [0.1, 0.15) is 27.2 Å². The maximum Gasteiger partial charge on any atom is 0.305 e. The zero-order valence-electron chi connectivity index (χ0n) is 16.2. The lowest BCUT2D eigenvalue weighted by atomic mass is 9.85. The molecule has 4 aromatic rings. The Hall–Kier alpha value is -3.49. The third-order valence-corrected chi connectivity index (χ3v) is 4.78. The highest BCUT2D eigenvalue weighted by molar-refractivity contribution is 5.94. The SMILES string of the molecule is CC(C)(C)[C@@H](CC(=O)O)Nc1nc(-c2c[nH]c3ncc(F)cc23)nc2ccoc12. The number of anilines is 1. The van der Waals surface area contributed by atoms with Crippen LogP contribution in [0.5, 0.6) is 0 Å². The van der Waals surface area contributed by atoms with Crippen molar-refractivity contribution >= 4 is 33.9 Å². The van der Waals surface area contributed by atoms with E-state index in [1.54, 1.807) is 12.3 Å². The fourth-order valence-electron chi connectivity index (χ4n) is 3.16. The second-order valence-corrected chi connectivity index (χ2v) is 7.94. The second kappa shape index (κ2) is 6.84.